The van der Waals surface area contributed by atoms with Gasteiger partial charge in [0.25, 0.3) is 0 Å². The fourth-order valence-corrected chi connectivity index (χ4v) is 3.29. The van der Waals surface area contributed by atoms with Crippen molar-refractivity contribution in [3.8, 4) is 5.69 Å². The van der Waals surface area contributed by atoms with E-state index in [0.717, 1.165) is 68.5 Å². The van der Waals surface area contributed by atoms with Crippen molar-refractivity contribution in [3.63, 3.8) is 0 Å². The normalized spacial score (nSPS) is 15.9. The lowest BCUT2D eigenvalue weighted by Crippen LogP contribution is -2.39. The Kier molecular flexibility index (Phi) is 6.84. The Morgan fingerprint density at radius 3 is 2.70 bits per heavy atom. The monoisotopic (exact) mass is 370 g/mol. The van der Waals surface area contributed by atoms with Gasteiger partial charge < -0.3 is 15.8 Å². The molecule has 7 heteroatoms. The van der Waals surface area contributed by atoms with Crippen LogP contribution in [0.3, 0.4) is 0 Å². The van der Waals surface area contributed by atoms with Gasteiger partial charge in [0.15, 0.2) is 5.96 Å². The van der Waals surface area contributed by atoms with Crippen LogP contribution in [0.25, 0.3) is 5.69 Å². The van der Waals surface area contributed by atoms with E-state index in [1.54, 1.807) is 0 Å². The van der Waals surface area contributed by atoms with Crippen LogP contribution in [0.15, 0.2) is 35.3 Å². The van der Waals surface area contributed by atoms with E-state index in [-0.39, 0.29) is 0 Å². The Balaban J connectivity index is 1.50. The molecule has 1 saturated heterocycles. The molecule has 3 rings (SSSR count). The topological polar surface area (TPSA) is 80.7 Å². The van der Waals surface area contributed by atoms with E-state index in [1.165, 1.54) is 0 Å². The number of guanidine groups is 1. The molecule has 1 aromatic carbocycles. The maximum atomic E-state index is 6.04. The van der Waals surface area contributed by atoms with E-state index in [9.17, 15) is 0 Å². The van der Waals surface area contributed by atoms with Crippen molar-refractivity contribution in [1.82, 2.24) is 20.0 Å². The Hall–Kier alpha value is -2.38. The fraction of sp³-hybridized carbons (Fsp3) is 0.500. The number of ether oxygens (including phenoxy) is 1. The van der Waals surface area contributed by atoms with Crippen LogP contribution in [0.2, 0.25) is 0 Å². The number of benzene rings is 1. The zero-order valence-corrected chi connectivity index (χ0v) is 16.3. The van der Waals surface area contributed by atoms with Crippen LogP contribution >= 0.6 is 0 Å². The van der Waals surface area contributed by atoms with Gasteiger partial charge in [-0.25, -0.2) is 9.67 Å². The first-order valence-electron chi connectivity index (χ1n) is 9.59. The minimum Gasteiger partial charge on any atom is -0.379 e. The first-order chi connectivity index (χ1) is 13.1. The van der Waals surface area contributed by atoms with Crippen molar-refractivity contribution in [2.45, 2.75) is 26.8 Å². The van der Waals surface area contributed by atoms with Crippen molar-refractivity contribution in [1.29, 1.82) is 0 Å². The lowest BCUT2D eigenvalue weighted by Gasteiger charge is -2.26. The van der Waals surface area contributed by atoms with Gasteiger partial charge in [-0.3, -0.25) is 4.90 Å². The van der Waals surface area contributed by atoms with Crippen molar-refractivity contribution >= 4 is 5.96 Å². The molecule has 0 bridgehead atoms. The molecule has 0 saturated carbocycles. The van der Waals surface area contributed by atoms with Crippen molar-refractivity contribution in [2.75, 3.05) is 39.4 Å². The second kappa shape index (κ2) is 9.53. The molecular weight excluding hydrogens is 340 g/mol. The van der Waals surface area contributed by atoms with E-state index >= 15 is 0 Å². The number of nitrogens with one attached hydrogen (secondary N) is 1. The molecule has 3 N–H and O–H groups in total. The number of hydrogen-bond donors (Lipinski definition) is 2. The van der Waals surface area contributed by atoms with E-state index in [4.69, 9.17) is 10.5 Å². The number of rotatable bonds is 7. The third-order valence-corrected chi connectivity index (χ3v) is 4.91. The van der Waals surface area contributed by atoms with Crippen molar-refractivity contribution in [3.05, 3.63) is 47.3 Å². The largest absolute Gasteiger partial charge is 0.379 e. The van der Waals surface area contributed by atoms with Crippen LogP contribution in [0.4, 0.5) is 0 Å². The average molecular weight is 371 g/mol. The highest BCUT2D eigenvalue weighted by molar-refractivity contribution is 5.77. The third-order valence-electron chi connectivity index (χ3n) is 4.91. The number of para-hydroxylation sites is 1. The minimum atomic E-state index is 0.489. The first kappa shape index (κ1) is 19.4. The smallest absolute Gasteiger partial charge is 0.188 e. The Morgan fingerprint density at radius 1 is 1.22 bits per heavy atom. The summed E-state index contributed by atoms with van der Waals surface area (Å²) in [5, 5.41) is 7.87. The molecule has 1 fully saturated rings. The Bertz CT molecular complexity index is 749. The Morgan fingerprint density at radius 2 is 1.96 bits per heavy atom. The van der Waals surface area contributed by atoms with E-state index in [2.05, 4.69) is 39.4 Å². The lowest BCUT2D eigenvalue weighted by atomic mass is 10.2. The molecule has 27 heavy (non-hydrogen) atoms. The van der Waals surface area contributed by atoms with Gasteiger partial charge in [-0.15, -0.1) is 0 Å². The van der Waals surface area contributed by atoms with Gasteiger partial charge in [0.05, 0.1) is 31.1 Å². The summed E-state index contributed by atoms with van der Waals surface area (Å²) in [7, 11) is 0. The molecule has 1 aromatic heterocycles. The summed E-state index contributed by atoms with van der Waals surface area (Å²) < 4.78 is 7.33. The number of morpholine rings is 1. The molecule has 0 aliphatic carbocycles. The van der Waals surface area contributed by atoms with Gasteiger partial charge in [0.2, 0.25) is 0 Å². The highest BCUT2D eigenvalue weighted by Crippen LogP contribution is 2.18. The highest BCUT2D eigenvalue weighted by Gasteiger charge is 2.12. The summed E-state index contributed by atoms with van der Waals surface area (Å²) >= 11 is 0. The molecule has 7 nitrogen and oxygen atoms in total. The molecule has 146 valence electrons. The molecule has 1 aliphatic rings. The summed E-state index contributed by atoms with van der Waals surface area (Å²) in [4.78, 5) is 6.92. The van der Waals surface area contributed by atoms with Crippen molar-refractivity contribution in [2.24, 2.45) is 10.7 Å². The summed E-state index contributed by atoms with van der Waals surface area (Å²) in [6.07, 6.45) is 1.04. The van der Waals surface area contributed by atoms with Gasteiger partial charge in [-0.2, -0.15) is 5.10 Å². The van der Waals surface area contributed by atoms with E-state index < -0.39 is 0 Å². The van der Waals surface area contributed by atoms with Gasteiger partial charge in [0.1, 0.15) is 0 Å². The van der Waals surface area contributed by atoms with Gasteiger partial charge in [0, 0.05) is 30.9 Å². The summed E-state index contributed by atoms with van der Waals surface area (Å²) in [5.41, 5.74) is 10.3. The second-order valence-electron chi connectivity index (χ2n) is 6.83. The number of aryl methyl sites for hydroxylation is 1. The summed E-state index contributed by atoms with van der Waals surface area (Å²) in [5.74, 6) is 0.489. The van der Waals surface area contributed by atoms with Crippen LogP contribution in [-0.4, -0.2) is 60.0 Å². The molecule has 0 atom stereocenters. The van der Waals surface area contributed by atoms with Crippen LogP contribution in [0, 0.1) is 13.8 Å². The molecule has 1 aliphatic heterocycles. The third kappa shape index (κ3) is 5.30. The quantitative estimate of drug-likeness (QED) is 0.440. The molecular formula is C20H30N6O. The number of nitrogens with two attached hydrogens (primary N) is 1. The standard InChI is InChI=1S/C20H30N6O/c1-16-19(17(2)26(24-16)18-7-4-3-5-8-18)15-23-20(21)22-9-6-10-25-11-13-27-14-12-25/h3-5,7-8H,6,9-15H2,1-2H3,(H3,21,22,23). The molecule has 2 heterocycles. The lowest BCUT2D eigenvalue weighted by molar-refractivity contribution is 0.0376. The number of aromatic nitrogens is 2. The molecule has 0 amide bonds. The number of hydrogen-bond acceptors (Lipinski definition) is 4. The van der Waals surface area contributed by atoms with Crippen molar-refractivity contribution < 1.29 is 4.74 Å². The molecule has 0 radical (unpaired) electrons. The van der Waals surface area contributed by atoms with Gasteiger partial charge >= 0.3 is 0 Å². The van der Waals surface area contributed by atoms with Gasteiger partial charge in [-0.1, -0.05) is 18.2 Å². The predicted octanol–water partition coefficient (Wildman–Crippen LogP) is 1.62. The average Bonchev–Trinajstić information content (AvgIpc) is 2.99. The maximum absolute atomic E-state index is 6.04. The maximum Gasteiger partial charge on any atom is 0.188 e. The summed E-state index contributed by atoms with van der Waals surface area (Å²) in [6.45, 7) is 10.2. The first-order valence-corrected chi connectivity index (χ1v) is 9.59. The zero-order chi connectivity index (χ0) is 19.1. The minimum absolute atomic E-state index is 0.489. The molecule has 0 unspecified atom stereocenters. The highest BCUT2D eigenvalue weighted by atomic mass is 16.5. The molecule has 2 aromatic rings. The van der Waals surface area contributed by atoms with Crippen LogP contribution in [0.5, 0.6) is 0 Å². The fourth-order valence-electron chi connectivity index (χ4n) is 3.29. The van der Waals surface area contributed by atoms with Crippen LogP contribution < -0.4 is 11.1 Å². The van der Waals surface area contributed by atoms with E-state index in [1.807, 2.05) is 29.8 Å². The van der Waals surface area contributed by atoms with E-state index in [0.29, 0.717) is 12.5 Å². The zero-order valence-electron chi connectivity index (χ0n) is 16.3. The molecule has 0 spiro atoms. The number of nitrogens with zero attached hydrogens (tertiary/aromatic N) is 4. The number of aliphatic imine (C=N–C) groups is 1. The van der Waals surface area contributed by atoms with Gasteiger partial charge in [-0.05, 0) is 38.9 Å². The Labute approximate surface area is 161 Å². The van der Waals surface area contributed by atoms with Crippen LogP contribution in [0.1, 0.15) is 23.4 Å². The SMILES string of the molecule is Cc1nn(-c2ccccc2)c(C)c1CN=C(N)NCCCN1CCOCC1. The predicted molar refractivity (Wildman–Crippen MR) is 108 cm³/mol. The van der Waals surface area contributed by atoms with Crippen LogP contribution in [-0.2, 0) is 11.3 Å². The second-order valence-corrected chi connectivity index (χ2v) is 6.83. The summed E-state index contributed by atoms with van der Waals surface area (Å²) in [6, 6.07) is 10.1.